The molecule has 38 heavy (non-hydrogen) atoms. The highest BCUT2D eigenvalue weighted by atomic mass is 31.1. The van der Waals surface area contributed by atoms with Gasteiger partial charge in [-0.1, -0.05) is 154 Å². The zero-order valence-electron chi connectivity index (χ0n) is 22.5. The lowest BCUT2D eigenvalue weighted by Gasteiger charge is -2.47. The molecule has 0 saturated heterocycles. The summed E-state index contributed by atoms with van der Waals surface area (Å²) >= 11 is 0. The Morgan fingerprint density at radius 2 is 1.11 bits per heavy atom. The molecule has 0 amide bonds. The fourth-order valence-electron chi connectivity index (χ4n) is 5.45. The molecule has 4 aromatic rings. The molecule has 0 radical (unpaired) electrons. The lowest BCUT2D eigenvalue weighted by molar-refractivity contribution is 0.0738. The van der Waals surface area contributed by atoms with E-state index in [2.05, 4.69) is 154 Å². The number of hydrogen-bond donors (Lipinski definition) is 0. The quantitative estimate of drug-likeness (QED) is 0.142. The van der Waals surface area contributed by atoms with Gasteiger partial charge >= 0.3 is 0 Å². The van der Waals surface area contributed by atoms with Crippen LogP contribution in [0.25, 0.3) is 0 Å². The largest absolute Gasteiger partial charge is 0.401 e. The summed E-state index contributed by atoms with van der Waals surface area (Å²) in [5, 5.41) is 4.97. The van der Waals surface area contributed by atoms with Gasteiger partial charge in [-0.2, -0.15) is 0 Å². The highest BCUT2D eigenvalue weighted by molar-refractivity contribution is 7.68. The van der Waals surface area contributed by atoms with Crippen molar-refractivity contribution in [3.8, 4) is 0 Å². The Balaban J connectivity index is 1.56. The summed E-state index contributed by atoms with van der Waals surface area (Å²) in [7, 11) is -3.69. The zero-order chi connectivity index (χ0) is 26.4. The van der Waals surface area contributed by atoms with Gasteiger partial charge in [-0.25, -0.2) is 0 Å². The van der Waals surface area contributed by atoms with Crippen molar-refractivity contribution in [1.82, 2.24) is 0 Å². The molecule has 4 aromatic carbocycles. The molecular formula is C34H37O2PSi. The van der Waals surface area contributed by atoms with Crippen molar-refractivity contribution in [2.45, 2.75) is 50.9 Å². The Bertz CT molecular complexity index is 1230. The summed E-state index contributed by atoms with van der Waals surface area (Å²) in [5.41, 5.74) is 0. The molecule has 0 aromatic heterocycles. The fraction of sp³-hybridized carbons (Fsp3) is 0.235. The van der Waals surface area contributed by atoms with Crippen molar-refractivity contribution in [2.24, 2.45) is 0 Å². The third kappa shape index (κ3) is 5.62. The number of allylic oxidation sites excluding steroid dienone is 1. The first-order chi connectivity index (χ1) is 18.5. The lowest BCUT2D eigenvalue weighted by Crippen LogP contribution is -2.68. The fourth-order valence-corrected chi connectivity index (χ4v) is 12.0. The minimum Gasteiger partial charge on any atom is -0.401 e. The van der Waals surface area contributed by atoms with Crippen LogP contribution in [-0.4, -0.2) is 20.5 Å². The maximum atomic E-state index is 7.57. The third-order valence-electron chi connectivity index (χ3n) is 7.26. The van der Waals surface area contributed by atoms with Gasteiger partial charge in [-0.15, -0.1) is 0 Å². The Morgan fingerprint density at radius 1 is 0.658 bits per heavy atom. The van der Waals surface area contributed by atoms with Gasteiger partial charge in [0.2, 0.25) is 0 Å². The molecule has 0 N–H and O–H groups in total. The minimum atomic E-state index is -2.69. The summed E-state index contributed by atoms with van der Waals surface area (Å²) in [6.07, 6.45) is 6.28. The van der Waals surface area contributed by atoms with Crippen LogP contribution in [0.4, 0.5) is 0 Å². The van der Waals surface area contributed by atoms with Gasteiger partial charge in [0, 0.05) is 10.6 Å². The highest BCUT2D eigenvalue weighted by Crippen LogP contribution is 2.42. The van der Waals surface area contributed by atoms with E-state index in [1.165, 1.54) is 21.0 Å². The number of rotatable bonds is 8. The molecule has 4 heteroatoms. The smallest absolute Gasteiger partial charge is 0.261 e. The van der Waals surface area contributed by atoms with E-state index in [9.17, 15) is 0 Å². The average Bonchev–Trinajstić information content (AvgIpc) is 2.96. The van der Waals surface area contributed by atoms with E-state index < -0.39 is 16.5 Å². The van der Waals surface area contributed by atoms with Crippen molar-refractivity contribution in [1.29, 1.82) is 0 Å². The SMILES string of the molecule is CC(C)(C)[Si](O[C@@H]1CCC=C[C@H]1OP(c1ccccc1)c1ccccc1)(c1ccccc1)c1ccccc1. The topological polar surface area (TPSA) is 18.5 Å². The van der Waals surface area contributed by atoms with Crippen LogP contribution >= 0.6 is 8.15 Å². The third-order valence-corrected chi connectivity index (χ3v) is 14.3. The predicted molar refractivity (Wildman–Crippen MR) is 165 cm³/mol. The molecule has 194 valence electrons. The summed E-state index contributed by atoms with van der Waals surface area (Å²) in [4.78, 5) is 0. The first-order valence-corrected chi connectivity index (χ1v) is 16.7. The molecule has 0 bridgehead atoms. The monoisotopic (exact) mass is 536 g/mol. The summed E-state index contributed by atoms with van der Waals surface area (Å²) in [6, 6.07) is 43.1. The van der Waals surface area contributed by atoms with Gasteiger partial charge in [0.05, 0.1) is 14.3 Å². The van der Waals surface area contributed by atoms with Gasteiger partial charge in [0.15, 0.2) is 0 Å². The van der Waals surface area contributed by atoms with Gasteiger partial charge in [-0.3, -0.25) is 0 Å². The van der Waals surface area contributed by atoms with Crippen molar-refractivity contribution in [2.75, 3.05) is 0 Å². The molecule has 0 heterocycles. The van der Waals surface area contributed by atoms with E-state index in [4.69, 9.17) is 8.95 Å². The van der Waals surface area contributed by atoms with E-state index >= 15 is 0 Å². The average molecular weight is 537 g/mol. The Hall–Kier alpha value is -2.81. The van der Waals surface area contributed by atoms with E-state index in [1.54, 1.807) is 0 Å². The molecule has 0 spiro atoms. The Morgan fingerprint density at radius 3 is 1.55 bits per heavy atom. The van der Waals surface area contributed by atoms with E-state index in [-0.39, 0.29) is 17.2 Å². The van der Waals surface area contributed by atoms with Gasteiger partial charge in [0.25, 0.3) is 8.32 Å². The molecule has 2 nitrogen and oxygen atoms in total. The minimum absolute atomic E-state index is 0.0382. The lowest BCUT2D eigenvalue weighted by atomic mass is 10.0. The second-order valence-electron chi connectivity index (χ2n) is 10.9. The number of hydrogen-bond acceptors (Lipinski definition) is 2. The van der Waals surface area contributed by atoms with Crippen LogP contribution in [0.2, 0.25) is 5.04 Å². The molecule has 5 rings (SSSR count). The van der Waals surface area contributed by atoms with Gasteiger partial charge < -0.3 is 8.95 Å². The molecule has 0 aliphatic heterocycles. The second kappa shape index (κ2) is 11.9. The first-order valence-electron chi connectivity index (χ1n) is 13.5. The molecular weight excluding hydrogens is 499 g/mol. The maximum absolute atomic E-state index is 7.57. The normalized spacial score (nSPS) is 18.0. The predicted octanol–water partition coefficient (Wildman–Crippen LogP) is 6.71. The van der Waals surface area contributed by atoms with Crippen molar-refractivity contribution in [3.05, 3.63) is 133 Å². The molecule has 2 atom stereocenters. The molecule has 1 aliphatic carbocycles. The molecule has 0 fully saturated rings. The van der Waals surface area contributed by atoms with E-state index in [1.807, 2.05) is 0 Å². The Kier molecular flexibility index (Phi) is 8.41. The van der Waals surface area contributed by atoms with Crippen LogP contribution < -0.4 is 21.0 Å². The standard InChI is InChI=1S/C34H37O2PSi/c1-34(2,3)38(30-22-12-6-13-23-30,31-24-14-7-15-25-31)36-33-27-17-16-26-32(33)35-37(28-18-8-4-9-19-28)29-20-10-5-11-21-29/h4-16,18-26,32-33H,17,27H2,1-3H3/t32-,33-/m1/s1. The van der Waals surface area contributed by atoms with E-state index in [0.29, 0.717) is 0 Å². The van der Waals surface area contributed by atoms with Crippen molar-refractivity contribution < 1.29 is 8.95 Å². The summed E-state index contributed by atoms with van der Waals surface area (Å²) < 4.78 is 14.7. The van der Waals surface area contributed by atoms with Crippen molar-refractivity contribution in [3.63, 3.8) is 0 Å². The summed E-state index contributed by atoms with van der Waals surface area (Å²) in [5.74, 6) is 0. The van der Waals surface area contributed by atoms with E-state index in [0.717, 1.165) is 12.8 Å². The van der Waals surface area contributed by atoms with Crippen LogP contribution in [0, 0.1) is 0 Å². The molecule has 1 aliphatic rings. The van der Waals surface area contributed by atoms with Crippen LogP contribution in [-0.2, 0) is 8.95 Å². The maximum Gasteiger partial charge on any atom is 0.261 e. The molecule has 0 unspecified atom stereocenters. The summed E-state index contributed by atoms with van der Waals surface area (Å²) in [6.45, 7) is 7.03. The van der Waals surface area contributed by atoms with Gasteiger partial charge in [-0.05, 0) is 28.3 Å². The first kappa shape index (κ1) is 26.8. The van der Waals surface area contributed by atoms with Gasteiger partial charge in [0.1, 0.15) is 6.10 Å². The highest BCUT2D eigenvalue weighted by Gasteiger charge is 2.52. The Labute approximate surface area is 230 Å². The zero-order valence-corrected chi connectivity index (χ0v) is 24.4. The van der Waals surface area contributed by atoms with Crippen LogP contribution in [0.1, 0.15) is 33.6 Å². The number of benzene rings is 4. The van der Waals surface area contributed by atoms with Crippen LogP contribution in [0.15, 0.2) is 133 Å². The molecule has 0 saturated carbocycles. The van der Waals surface area contributed by atoms with Crippen LogP contribution in [0.3, 0.4) is 0 Å². The second-order valence-corrected chi connectivity index (χ2v) is 16.9. The van der Waals surface area contributed by atoms with Crippen LogP contribution in [0.5, 0.6) is 0 Å². The van der Waals surface area contributed by atoms with Crippen molar-refractivity contribution >= 4 is 37.4 Å².